The van der Waals surface area contributed by atoms with E-state index in [0.717, 1.165) is 25.9 Å². The van der Waals surface area contributed by atoms with Crippen molar-refractivity contribution in [1.82, 2.24) is 10.2 Å². The van der Waals surface area contributed by atoms with Crippen LogP contribution in [-0.4, -0.2) is 30.9 Å². The van der Waals surface area contributed by atoms with Crippen LogP contribution >= 0.6 is 0 Å². The standard InChI is InChI=1S/C15H22N2O/c1-16-14(13-8-4-2-5-9-13)12-17-11-7-3-6-10-15(17)18/h2,4-5,8-9,14,16H,3,6-7,10-12H2,1H3. The number of benzene rings is 1. The van der Waals surface area contributed by atoms with Crippen LogP contribution in [0.25, 0.3) is 0 Å². The summed E-state index contributed by atoms with van der Waals surface area (Å²) in [4.78, 5) is 14.0. The Morgan fingerprint density at radius 3 is 2.72 bits per heavy atom. The Labute approximate surface area is 109 Å². The molecule has 3 nitrogen and oxygen atoms in total. The van der Waals surface area contributed by atoms with Gasteiger partial charge in [0.25, 0.3) is 0 Å². The quantitative estimate of drug-likeness (QED) is 0.884. The molecule has 3 heteroatoms. The van der Waals surface area contributed by atoms with E-state index in [-0.39, 0.29) is 6.04 Å². The first-order valence-corrected chi connectivity index (χ1v) is 6.81. The normalized spacial score (nSPS) is 18.5. The lowest BCUT2D eigenvalue weighted by Gasteiger charge is -2.26. The van der Waals surface area contributed by atoms with E-state index in [1.807, 2.05) is 30.1 Å². The van der Waals surface area contributed by atoms with Crippen molar-refractivity contribution in [3.63, 3.8) is 0 Å². The molecule has 0 bridgehead atoms. The smallest absolute Gasteiger partial charge is 0.222 e. The third-order valence-electron chi connectivity index (χ3n) is 3.62. The summed E-state index contributed by atoms with van der Waals surface area (Å²) in [5.41, 5.74) is 1.25. The zero-order valence-corrected chi connectivity index (χ0v) is 11.1. The molecule has 0 saturated carbocycles. The van der Waals surface area contributed by atoms with Crippen molar-refractivity contribution in [2.75, 3.05) is 20.1 Å². The fourth-order valence-corrected chi connectivity index (χ4v) is 2.50. The van der Waals surface area contributed by atoms with Crippen LogP contribution in [0.1, 0.15) is 37.3 Å². The van der Waals surface area contributed by atoms with Crippen LogP contribution in [0, 0.1) is 0 Å². The predicted molar refractivity (Wildman–Crippen MR) is 73.3 cm³/mol. The second-order valence-electron chi connectivity index (χ2n) is 4.90. The van der Waals surface area contributed by atoms with Gasteiger partial charge < -0.3 is 10.2 Å². The molecule has 1 N–H and O–H groups in total. The monoisotopic (exact) mass is 246 g/mol. The summed E-state index contributed by atoms with van der Waals surface area (Å²) >= 11 is 0. The molecular weight excluding hydrogens is 224 g/mol. The predicted octanol–water partition coefficient (Wildman–Crippen LogP) is 2.35. The van der Waals surface area contributed by atoms with Gasteiger partial charge in [0.1, 0.15) is 0 Å². The number of nitrogens with one attached hydrogen (secondary N) is 1. The molecule has 1 fully saturated rings. The topological polar surface area (TPSA) is 32.3 Å². The molecule has 1 aromatic carbocycles. The van der Waals surface area contributed by atoms with E-state index in [4.69, 9.17) is 0 Å². The number of hydrogen-bond donors (Lipinski definition) is 1. The van der Waals surface area contributed by atoms with Crippen molar-refractivity contribution in [3.05, 3.63) is 35.9 Å². The minimum Gasteiger partial charge on any atom is -0.341 e. The van der Waals surface area contributed by atoms with Crippen LogP contribution in [0.4, 0.5) is 0 Å². The molecule has 1 amide bonds. The first-order chi connectivity index (χ1) is 8.81. The maximum absolute atomic E-state index is 12.0. The summed E-state index contributed by atoms with van der Waals surface area (Å²) in [6.07, 6.45) is 4.07. The molecule has 1 unspecified atom stereocenters. The molecule has 0 radical (unpaired) electrons. The number of rotatable bonds is 4. The van der Waals surface area contributed by atoms with Crippen molar-refractivity contribution in [2.24, 2.45) is 0 Å². The van der Waals surface area contributed by atoms with E-state index >= 15 is 0 Å². The average Bonchev–Trinajstić information content (AvgIpc) is 2.62. The average molecular weight is 246 g/mol. The van der Waals surface area contributed by atoms with Crippen LogP contribution in [0.3, 0.4) is 0 Å². The Bertz CT molecular complexity index is 377. The summed E-state index contributed by atoms with van der Waals surface area (Å²) in [7, 11) is 1.96. The summed E-state index contributed by atoms with van der Waals surface area (Å²) in [5.74, 6) is 0.309. The van der Waals surface area contributed by atoms with E-state index in [0.29, 0.717) is 12.3 Å². The van der Waals surface area contributed by atoms with E-state index in [9.17, 15) is 4.79 Å². The van der Waals surface area contributed by atoms with Gasteiger partial charge in [0.05, 0.1) is 0 Å². The van der Waals surface area contributed by atoms with Gasteiger partial charge in [-0.1, -0.05) is 36.8 Å². The highest BCUT2D eigenvalue weighted by Gasteiger charge is 2.20. The zero-order chi connectivity index (χ0) is 12.8. The number of hydrogen-bond acceptors (Lipinski definition) is 2. The lowest BCUT2D eigenvalue weighted by molar-refractivity contribution is -0.131. The molecule has 18 heavy (non-hydrogen) atoms. The van der Waals surface area contributed by atoms with E-state index in [1.54, 1.807) is 0 Å². The fourth-order valence-electron chi connectivity index (χ4n) is 2.50. The van der Waals surface area contributed by atoms with E-state index < -0.39 is 0 Å². The van der Waals surface area contributed by atoms with Gasteiger partial charge >= 0.3 is 0 Å². The van der Waals surface area contributed by atoms with Crippen molar-refractivity contribution >= 4 is 5.91 Å². The van der Waals surface area contributed by atoms with Crippen LogP contribution < -0.4 is 5.32 Å². The molecule has 0 aliphatic carbocycles. The highest BCUT2D eigenvalue weighted by molar-refractivity contribution is 5.76. The highest BCUT2D eigenvalue weighted by Crippen LogP contribution is 2.17. The molecule has 0 aromatic heterocycles. The Morgan fingerprint density at radius 1 is 1.22 bits per heavy atom. The van der Waals surface area contributed by atoms with Crippen molar-refractivity contribution in [2.45, 2.75) is 31.7 Å². The zero-order valence-electron chi connectivity index (χ0n) is 11.1. The first-order valence-electron chi connectivity index (χ1n) is 6.81. The molecule has 1 heterocycles. The number of carbonyl (C=O) groups excluding carboxylic acids is 1. The molecule has 1 aliphatic rings. The fraction of sp³-hybridized carbons (Fsp3) is 0.533. The molecule has 1 saturated heterocycles. The maximum Gasteiger partial charge on any atom is 0.222 e. The molecule has 98 valence electrons. The molecule has 1 aliphatic heterocycles. The summed E-state index contributed by atoms with van der Waals surface area (Å²) in [6, 6.07) is 10.6. The third kappa shape index (κ3) is 3.33. The Kier molecular flexibility index (Phi) is 4.76. The SMILES string of the molecule is CNC(CN1CCCCCC1=O)c1ccccc1. The van der Waals surface area contributed by atoms with E-state index in [2.05, 4.69) is 17.4 Å². The van der Waals surface area contributed by atoms with Crippen LogP contribution in [0.5, 0.6) is 0 Å². The number of amides is 1. The minimum absolute atomic E-state index is 0.230. The number of carbonyl (C=O) groups is 1. The van der Waals surface area contributed by atoms with Crippen molar-refractivity contribution in [1.29, 1.82) is 0 Å². The lowest BCUT2D eigenvalue weighted by atomic mass is 10.1. The second-order valence-corrected chi connectivity index (χ2v) is 4.90. The van der Waals surface area contributed by atoms with Gasteiger partial charge in [-0.2, -0.15) is 0 Å². The van der Waals surface area contributed by atoms with Gasteiger partial charge in [0.15, 0.2) is 0 Å². The Morgan fingerprint density at radius 2 is 2.00 bits per heavy atom. The number of likely N-dealkylation sites (N-methyl/N-ethyl adjacent to an activating group) is 1. The number of nitrogens with zero attached hydrogens (tertiary/aromatic N) is 1. The Balaban J connectivity index is 2.03. The molecular formula is C15H22N2O. The molecule has 0 spiro atoms. The lowest BCUT2D eigenvalue weighted by Crippen LogP contribution is -2.37. The largest absolute Gasteiger partial charge is 0.341 e. The van der Waals surface area contributed by atoms with Gasteiger partial charge in [0.2, 0.25) is 5.91 Å². The highest BCUT2D eigenvalue weighted by atomic mass is 16.2. The van der Waals surface area contributed by atoms with Gasteiger partial charge in [-0.25, -0.2) is 0 Å². The number of likely N-dealkylation sites (tertiary alicyclic amines) is 1. The van der Waals surface area contributed by atoms with Crippen LogP contribution in [0.15, 0.2) is 30.3 Å². The van der Waals surface area contributed by atoms with E-state index in [1.165, 1.54) is 12.0 Å². The van der Waals surface area contributed by atoms with Gasteiger partial charge in [-0.3, -0.25) is 4.79 Å². The maximum atomic E-state index is 12.0. The minimum atomic E-state index is 0.230. The third-order valence-corrected chi connectivity index (χ3v) is 3.62. The second kappa shape index (κ2) is 6.55. The summed E-state index contributed by atoms with van der Waals surface area (Å²) in [5, 5.41) is 3.31. The van der Waals surface area contributed by atoms with Crippen LogP contribution in [0.2, 0.25) is 0 Å². The van der Waals surface area contributed by atoms with Gasteiger partial charge in [-0.15, -0.1) is 0 Å². The molecule has 2 rings (SSSR count). The summed E-state index contributed by atoms with van der Waals surface area (Å²) < 4.78 is 0. The van der Waals surface area contributed by atoms with Crippen molar-refractivity contribution in [3.8, 4) is 0 Å². The van der Waals surface area contributed by atoms with Gasteiger partial charge in [0, 0.05) is 25.6 Å². The first kappa shape index (κ1) is 13.1. The molecule has 1 aromatic rings. The van der Waals surface area contributed by atoms with Crippen LogP contribution in [-0.2, 0) is 4.79 Å². The van der Waals surface area contributed by atoms with Gasteiger partial charge in [-0.05, 0) is 25.5 Å². The molecule has 1 atom stereocenters. The summed E-state index contributed by atoms with van der Waals surface area (Å²) in [6.45, 7) is 1.68. The Hall–Kier alpha value is -1.35. The van der Waals surface area contributed by atoms with Crippen molar-refractivity contribution < 1.29 is 4.79 Å².